The molecular formula is C5H4N4O4. The SMILES string of the molecule is O=[N+]([O-])C(=C1N=CCC=N1)[N+](=O)[O-]. The number of nitro groups is 2. The molecule has 0 bridgehead atoms. The highest BCUT2D eigenvalue weighted by Gasteiger charge is 2.32. The lowest BCUT2D eigenvalue weighted by Gasteiger charge is -1.94. The second kappa shape index (κ2) is 3.52. The Morgan fingerprint density at radius 1 is 1.23 bits per heavy atom. The Morgan fingerprint density at radius 2 is 1.69 bits per heavy atom. The van der Waals surface area contributed by atoms with Gasteiger partial charge in [0.05, 0.1) is 0 Å². The molecule has 0 aliphatic carbocycles. The predicted molar refractivity (Wildman–Crippen MR) is 42.6 cm³/mol. The lowest BCUT2D eigenvalue weighted by atomic mass is 10.4. The Bertz CT molecular complexity index is 312. The molecular weight excluding hydrogens is 180 g/mol. The van der Waals surface area contributed by atoms with E-state index in [0.717, 1.165) is 0 Å². The maximum Gasteiger partial charge on any atom is 0.604 e. The molecule has 8 heteroatoms. The van der Waals surface area contributed by atoms with Crippen molar-refractivity contribution in [1.82, 2.24) is 0 Å². The fourth-order valence-corrected chi connectivity index (χ4v) is 0.704. The van der Waals surface area contributed by atoms with E-state index in [4.69, 9.17) is 0 Å². The number of hydrogen-bond donors (Lipinski definition) is 0. The highest BCUT2D eigenvalue weighted by Crippen LogP contribution is 2.10. The summed E-state index contributed by atoms with van der Waals surface area (Å²) >= 11 is 0. The van der Waals surface area contributed by atoms with Crippen LogP contribution in [0.2, 0.25) is 0 Å². The van der Waals surface area contributed by atoms with Gasteiger partial charge in [-0.3, -0.25) is 20.2 Å². The fraction of sp³-hybridized carbons (Fsp3) is 0.200. The van der Waals surface area contributed by atoms with Gasteiger partial charge in [-0.15, -0.1) is 0 Å². The summed E-state index contributed by atoms with van der Waals surface area (Å²) < 4.78 is 0. The zero-order chi connectivity index (χ0) is 9.84. The van der Waals surface area contributed by atoms with Crippen molar-refractivity contribution in [1.29, 1.82) is 0 Å². The summed E-state index contributed by atoms with van der Waals surface area (Å²) in [6.07, 6.45) is 3.05. The molecule has 0 spiro atoms. The van der Waals surface area contributed by atoms with E-state index in [9.17, 15) is 20.2 Å². The van der Waals surface area contributed by atoms with E-state index < -0.39 is 21.5 Å². The van der Waals surface area contributed by atoms with Crippen LogP contribution in [0.3, 0.4) is 0 Å². The van der Waals surface area contributed by atoms with Crippen molar-refractivity contribution in [2.75, 3.05) is 0 Å². The molecule has 0 atom stereocenters. The lowest BCUT2D eigenvalue weighted by molar-refractivity contribution is -0.617. The molecule has 0 radical (unpaired) electrons. The van der Waals surface area contributed by atoms with Crippen LogP contribution in [0.15, 0.2) is 21.6 Å². The third kappa shape index (κ3) is 1.92. The molecule has 68 valence electrons. The molecule has 8 nitrogen and oxygen atoms in total. The summed E-state index contributed by atoms with van der Waals surface area (Å²) in [5.41, 5.74) is 0. The minimum Gasteiger partial charge on any atom is -0.253 e. The van der Waals surface area contributed by atoms with Crippen LogP contribution in [0.4, 0.5) is 0 Å². The van der Waals surface area contributed by atoms with Crippen LogP contribution in [0, 0.1) is 20.2 Å². The standard InChI is InChI=1S/C5H4N4O4/c10-8(11)5(9(12)13)4-6-2-1-3-7-4/h2-3H,1H2. The smallest absolute Gasteiger partial charge is 0.253 e. The van der Waals surface area contributed by atoms with Crippen molar-refractivity contribution < 1.29 is 9.85 Å². The summed E-state index contributed by atoms with van der Waals surface area (Å²) in [5, 5.41) is 20.4. The number of aliphatic imine (C=N–C) groups is 2. The van der Waals surface area contributed by atoms with Gasteiger partial charge in [0.15, 0.2) is 0 Å². The quantitative estimate of drug-likeness (QED) is 0.451. The zero-order valence-corrected chi connectivity index (χ0v) is 6.28. The molecule has 0 N–H and O–H groups in total. The number of hydrogen-bond acceptors (Lipinski definition) is 6. The Hall–Kier alpha value is -2.12. The maximum atomic E-state index is 10.2. The molecule has 1 rings (SSSR count). The average Bonchev–Trinajstić information content (AvgIpc) is 2.04. The zero-order valence-electron chi connectivity index (χ0n) is 6.28. The monoisotopic (exact) mass is 184 g/mol. The van der Waals surface area contributed by atoms with Gasteiger partial charge in [0.2, 0.25) is 0 Å². The largest absolute Gasteiger partial charge is 0.604 e. The molecule has 1 aliphatic rings. The van der Waals surface area contributed by atoms with E-state index >= 15 is 0 Å². The van der Waals surface area contributed by atoms with Crippen LogP contribution in [0.1, 0.15) is 6.42 Å². The van der Waals surface area contributed by atoms with Crippen molar-refractivity contribution in [2.24, 2.45) is 9.98 Å². The first kappa shape index (κ1) is 8.97. The summed E-state index contributed by atoms with van der Waals surface area (Å²) in [7, 11) is 0. The third-order valence-corrected chi connectivity index (χ3v) is 1.18. The van der Waals surface area contributed by atoms with Crippen molar-refractivity contribution in [3.63, 3.8) is 0 Å². The van der Waals surface area contributed by atoms with Gasteiger partial charge in [-0.05, 0) is 0 Å². The van der Waals surface area contributed by atoms with Crippen LogP contribution in [0.5, 0.6) is 0 Å². The topological polar surface area (TPSA) is 111 Å². The maximum absolute atomic E-state index is 10.2. The Labute approximate surface area is 71.6 Å². The van der Waals surface area contributed by atoms with Gasteiger partial charge in [0.1, 0.15) is 9.85 Å². The molecule has 0 aromatic carbocycles. The van der Waals surface area contributed by atoms with Crippen molar-refractivity contribution >= 4 is 12.4 Å². The minimum absolute atomic E-state index is 0.423. The van der Waals surface area contributed by atoms with Gasteiger partial charge in [-0.2, -0.15) is 0 Å². The molecule has 0 fully saturated rings. The molecule has 1 aliphatic heterocycles. The summed E-state index contributed by atoms with van der Waals surface area (Å²) in [6.45, 7) is 0. The summed E-state index contributed by atoms with van der Waals surface area (Å²) in [5.74, 6) is -1.67. The number of rotatable bonds is 2. The molecule has 13 heavy (non-hydrogen) atoms. The van der Waals surface area contributed by atoms with Gasteiger partial charge in [-0.25, -0.2) is 9.98 Å². The normalized spacial score (nSPS) is 14.3. The van der Waals surface area contributed by atoms with E-state index in [1.54, 1.807) is 0 Å². The Balaban J connectivity index is 3.16. The minimum atomic E-state index is -1.20. The summed E-state index contributed by atoms with van der Waals surface area (Å²) in [4.78, 5) is 25.1. The van der Waals surface area contributed by atoms with Gasteiger partial charge in [-0.1, -0.05) is 0 Å². The van der Waals surface area contributed by atoms with Crippen molar-refractivity contribution in [3.05, 3.63) is 31.9 Å². The lowest BCUT2D eigenvalue weighted by Crippen LogP contribution is -2.12. The van der Waals surface area contributed by atoms with Gasteiger partial charge in [0.25, 0.3) is 0 Å². The van der Waals surface area contributed by atoms with Crippen LogP contribution in [-0.4, -0.2) is 22.3 Å². The van der Waals surface area contributed by atoms with Crippen LogP contribution in [-0.2, 0) is 0 Å². The van der Waals surface area contributed by atoms with Crippen LogP contribution < -0.4 is 0 Å². The van der Waals surface area contributed by atoms with Crippen molar-refractivity contribution in [2.45, 2.75) is 6.42 Å². The first-order valence-corrected chi connectivity index (χ1v) is 3.21. The molecule has 0 saturated carbocycles. The fourth-order valence-electron chi connectivity index (χ4n) is 0.704. The van der Waals surface area contributed by atoms with E-state index in [1.807, 2.05) is 0 Å². The first-order valence-electron chi connectivity index (χ1n) is 3.21. The highest BCUT2D eigenvalue weighted by molar-refractivity contribution is 5.82. The molecule has 0 saturated heterocycles. The second-order valence-corrected chi connectivity index (χ2v) is 2.02. The third-order valence-electron chi connectivity index (χ3n) is 1.18. The first-order chi connectivity index (χ1) is 6.13. The van der Waals surface area contributed by atoms with E-state index in [-0.39, 0.29) is 0 Å². The van der Waals surface area contributed by atoms with Crippen LogP contribution in [0.25, 0.3) is 0 Å². The van der Waals surface area contributed by atoms with Gasteiger partial charge in [0, 0.05) is 18.9 Å². The van der Waals surface area contributed by atoms with E-state index in [0.29, 0.717) is 6.42 Å². The number of nitrogens with zero attached hydrogens (tertiary/aromatic N) is 4. The second-order valence-electron chi connectivity index (χ2n) is 2.02. The highest BCUT2D eigenvalue weighted by atomic mass is 16.7. The molecule has 0 unspecified atom stereocenters. The van der Waals surface area contributed by atoms with E-state index in [2.05, 4.69) is 9.98 Å². The Kier molecular flexibility index (Phi) is 2.43. The van der Waals surface area contributed by atoms with Gasteiger partial charge >= 0.3 is 11.6 Å². The Morgan fingerprint density at radius 3 is 2.08 bits per heavy atom. The predicted octanol–water partition coefficient (Wildman–Crippen LogP) is 0.212. The summed E-state index contributed by atoms with van der Waals surface area (Å²) in [6, 6.07) is 0. The van der Waals surface area contributed by atoms with Crippen LogP contribution >= 0.6 is 0 Å². The van der Waals surface area contributed by atoms with Crippen molar-refractivity contribution in [3.8, 4) is 0 Å². The van der Waals surface area contributed by atoms with E-state index in [1.165, 1.54) is 12.4 Å². The average molecular weight is 184 g/mol. The molecule has 0 amide bonds. The molecule has 0 aromatic rings. The van der Waals surface area contributed by atoms with Gasteiger partial charge < -0.3 is 0 Å². The molecule has 1 heterocycles. The molecule has 0 aromatic heterocycles.